The van der Waals surface area contributed by atoms with E-state index >= 15 is 0 Å². The van der Waals surface area contributed by atoms with Gasteiger partial charge in [-0.2, -0.15) is 0 Å². The number of hydrogen-bond acceptors (Lipinski definition) is 4. The summed E-state index contributed by atoms with van der Waals surface area (Å²) in [6.45, 7) is 2.44. The van der Waals surface area contributed by atoms with Crippen molar-refractivity contribution in [1.29, 1.82) is 0 Å². The van der Waals surface area contributed by atoms with Gasteiger partial charge in [0.25, 0.3) is 5.91 Å². The number of nitrogens with one attached hydrogen (secondary N) is 2. The molecule has 1 atom stereocenters. The fraction of sp³-hybridized carbons (Fsp3) is 0.188. The van der Waals surface area contributed by atoms with E-state index in [4.69, 9.17) is 0 Å². The van der Waals surface area contributed by atoms with Gasteiger partial charge in [0.15, 0.2) is 0 Å². The zero-order valence-corrected chi connectivity index (χ0v) is 11.7. The number of benzene rings is 2. The van der Waals surface area contributed by atoms with Gasteiger partial charge in [0.05, 0.1) is 0 Å². The average molecular weight is 286 g/mol. The highest BCUT2D eigenvalue weighted by atomic mass is 16.3. The van der Waals surface area contributed by atoms with Crippen LogP contribution in [0.3, 0.4) is 0 Å². The third-order valence-electron chi connectivity index (χ3n) is 2.93. The van der Waals surface area contributed by atoms with Crippen LogP contribution in [-0.4, -0.2) is 28.7 Å². The van der Waals surface area contributed by atoms with E-state index in [1.807, 2.05) is 37.3 Å². The van der Waals surface area contributed by atoms with Crippen molar-refractivity contribution >= 4 is 11.6 Å². The molecule has 2 rings (SSSR count). The summed E-state index contributed by atoms with van der Waals surface area (Å²) in [5.41, 5.74) is 1.20. The summed E-state index contributed by atoms with van der Waals surface area (Å²) in [4.78, 5) is 12.0. The lowest BCUT2D eigenvalue weighted by molar-refractivity contribution is 0.0941. The first kappa shape index (κ1) is 14.7. The van der Waals surface area contributed by atoms with Crippen LogP contribution in [-0.2, 0) is 0 Å². The molecule has 4 N–H and O–H groups in total. The van der Waals surface area contributed by atoms with Crippen LogP contribution in [0.2, 0.25) is 0 Å². The molecule has 0 fully saturated rings. The van der Waals surface area contributed by atoms with Crippen molar-refractivity contribution in [2.45, 2.75) is 13.0 Å². The Morgan fingerprint density at radius 2 is 1.71 bits per heavy atom. The van der Waals surface area contributed by atoms with Crippen molar-refractivity contribution in [2.24, 2.45) is 0 Å². The average Bonchev–Trinajstić information content (AvgIpc) is 2.45. The maximum atomic E-state index is 12.0. The number of amides is 1. The molecule has 0 spiro atoms. The summed E-state index contributed by atoms with van der Waals surface area (Å²) in [5.74, 6) is -0.631. The maximum absolute atomic E-state index is 12.0. The largest absolute Gasteiger partial charge is 0.508 e. The third-order valence-corrected chi connectivity index (χ3v) is 2.93. The lowest BCUT2D eigenvalue weighted by Crippen LogP contribution is -2.37. The minimum Gasteiger partial charge on any atom is -0.508 e. The molecule has 5 nitrogen and oxygen atoms in total. The van der Waals surface area contributed by atoms with Crippen molar-refractivity contribution in [1.82, 2.24) is 5.32 Å². The molecule has 2 aromatic rings. The van der Waals surface area contributed by atoms with Crippen molar-refractivity contribution in [3.05, 3.63) is 54.1 Å². The Balaban J connectivity index is 1.90. The predicted molar refractivity (Wildman–Crippen MR) is 81.6 cm³/mol. The fourth-order valence-electron chi connectivity index (χ4n) is 1.91. The summed E-state index contributed by atoms with van der Waals surface area (Å²) in [7, 11) is 0. The SMILES string of the molecule is C[C@H](CNc1ccccc1)NC(=O)c1cc(O)cc(O)c1. The topological polar surface area (TPSA) is 81.6 Å². The van der Waals surface area contributed by atoms with Gasteiger partial charge in [-0.1, -0.05) is 18.2 Å². The number of rotatable bonds is 5. The summed E-state index contributed by atoms with van der Waals surface area (Å²) >= 11 is 0. The Kier molecular flexibility index (Phi) is 4.66. The Morgan fingerprint density at radius 1 is 1.10 bits per heavy atom. The van der Waals surface area contributed by atoms with Gasteiger partial charge in [0, 0.05) is 29.9 Å². The minimum absolute atomic E-state index is 0.109. The molecule has 0 radical (unpaired) electrons. The maximum Gasteiger partial charge on any atom is 0.251 e. The summed E-state index contributed by atoms with van der Waals surface area (Å²) in [6, 6.07) is 13.4. The first-order valence-corrected chi connectivity index (χ1v) is 6.67. The van der Waals surface area contributed by atoms with Gasteiger partial charge in [0.1, 0.15) is 11.5 Å². The molecule has 1 amide bonds. The molecule has 0 aliphatic carbocycles. The van der Waals surface area contributed by atoms with E-state index in [2.05, 4.69) is 10.6 Å². The third kappa shape index (κ3) is 4.42. The van der Waals surface area contributed by atoms with E-state index in [9.17, 15) is 15.0 Å². The molecule has 0 bridgehead atoms. The summed E-state index contributed by atoms with van der Waals surface area (Å²) in [5, 5.41) is 24.8. The molecule has 0 heterocycles. The highest BCUT2D eigenvalue weighted by Gasteiger charge is 2.11. The minimum atomic E-state index is -0.344. The van der Waals surface area contributed by atoms with Gasteiger partial charge in [-0.25, -0.2) is 0 Å². The Morgan fingerprint density at radius 3 is 2.33 bits per heavy atom. The first-order chi connectivity index (χ1) is 10.0. The Bertz CT molecular complexity index is 594. The molecule has 5 heteroatoms. The van der Waals surface area contributed by atoms with Crippen LogP contribution in [0.4, 0.5) is 5.69 Å². The van der Waals surface area contributed by atoms with E-state index in [-0.39, 0.29) is 29.0 Å². The molecule has 0 aromatic heterocycles. The van der Waals surface area contributed by atoms with Gasteiger partial charge in [-0.3, -0.25) is 4.79 Å². The molecule has 21 heavy (non-hydrogen) atoms. The van der Waals surface area contributed by atoms with Crippen LogP contribution in [0.5, 0.6) is 11.5 Å². The Labute approximate surface area is 123 Å². The van der Waals surface area contributed by atoms with Crippen LogP contribution in [0, 0.1) is 0 Å². The van der Waals surface area contributed by atoms with E-state index < -0.39 is 0 Å². The second-order valence-electron chi connectivity index (χ2n) is 4.86. The standard InChI is InChI=1S/C16H18N2O3/c1-11(10-17-13-5-3-2-4-6-13)18-16(21)12-7-14(19)9-15(20)8-12/h2-9,11,17,19-20H,10H2,1H3,(H,18,21)/t11-/m1/s1. The molecule has 0 unspecified atom stereocenters. The van der Waals surface area contributed by atoms with E-state index in [1.54, 1.807) is 0 Å². The highest BCUT2D eigenvalue weighted by molar-refractivity contribution is 5.95. The van der Waals surface area contributed by atoms with Crippen LogP contribution < -0.4 is 10.6 Å². The normalized spacial score (nSPS) is 11.7. The lowest BCUT2D eigenvalue weighted by Gasteiger charge is -2.15. The Hall–Kier alpha value is -2.69. The van der Waals surface area contributed by atoms with Crippen LogP contribution in [0.25, 0.3) is 0 Å². The molecule has 0 aliphatic heterocycles. The smallest absolute Gasteiger partial charge is 0.251 e. The second-order valence-corrected chi connectivity index (χ2v) is 4.86. The van der Waals surface area contributed by atoms with Gasteiger partial charge in [-0.15, -0.1) is 0 Å². The quantitative estimate of drug-likeness (QED) is 0.680. The van der Waals surface area contributed by atoms with E-state index in [0.29, 0.717) is 6.54 Å². The van der Waals surface area contributed by atoms with E-state index in [1.165, 1.54) is 18.2 Å². The predicted octanol–water partition coefficient (Wildman–Crippen LogP) is 2.33. The van der Waals surface area contributed by atoms with Crippen molar-refractivity contribution in [3.8, 4) is 11.5 Å². The van der Waals surface area contributed by atoms with Crippen molar-refractivity contribution in [3.63, 3.8) is 0 Å². The first-order valence-electron chi connectivity index (χ1n) is 6.67. The van der Waals surface area contributed by atoms with Crippen LogP contribution in [0.15, 0.2) is 48.5 Å². The molecule has 0 aliphatic rings. The number of aromatic hydroxyl groups is 2. The molecule has 0 saturated heterocycles. The van der Waals surface area contributed by atoms with Gasteiger partial charge in [-0.05, 0) is 31.2 Å². The van der Waals surface area contributed by atoms with Crippen LogP contribution >= 0.6 is 0 Å². The molecule has 0 saturated carbocycles. The van der Waals surface area contributed by atoms with Gasteiger partial charge < -0.3 is 20.8 Å². The number of hydrogen-bond donors (Lipinski definition) is 4. The molecule has 2 aromatic carbocycles. The number of phenolic OH excluding ortho intramolecular Hbond substituents is 2. The van der Waals surface area contributed by atoms with Crippen LogP contribution in [0.1, 0.15) is 17.3 Å². The molecule has 110 valence electrons. The molecular weight excluding hydrogens is 268 g/mol. The fourth-order valence-corrected chi connectivity index (χ4v) is 1.91. The van der Waals surface area contributed by atoms with Gasteiger partial charge >= 0.3 is 0 Å². The zero-order chi connectivity index (χ0) is 15.2. The number of phenols is 2. The van der Waals surface area contributed by atoms with Crippen molar-refractivity contribution in [2.75, 3.05) is 11.9 Å². The van der Waals surface area contributed by atoms with Gasteiger partial charge in [0.2, 0.25) is 0 Å². The summed E-state index contributed by atoms with van der Waals surface area (Å²) in [6.07, 6.45) is 0. The zero-order valence-electron chi connectivity index (χ0n) is 11.7. The highest BCUT2D eigenvalue weighted by Crippen LogP contribution is 2.20. The number of para-hydroxylation sites is 1. The van der Waals surface area contributed by atoms with E-state index in [0.717, 1.165) is 5.69 Å². The number of anilines is 1. The second kappa shape index (κ2) is 6.65. The lowest BCUT2D eigenvalue weighted by atomic mass is 10.1. The number of carbonyl (C=O) groups is 1. The van der Waals surface area contributed by atoms with Crippen molar-refractivity contribution < 1.29 is 15.0 Å². The number of carbonyl (C=O) groups excluding carboxylic acids is 1. The molecular formula is C16H18N2O3. The monoisotopic (exact) mass is 286 g/mol. The summed E-state index contributed by atoms with van der Waals surface area (Å²) < 4.78 is 0.